The van der Waals surface area contributed by atoms with E-state index in [1.165, 1.54) is 42.5 Å². The van der Waals surface area contributed by atoms with Crippen molar-refractivity contribution in [3.63, 3.8) is 0 Å². The molecular weight excluding hydrogens is 402 g/mol. The quantitative estimate of drug-likeness (QED) is 0.541. The molecule has 0 aliphatic heterocycles. The minimum absolute atomic E-state index is 0.0894. The maximum absolute atomic E-state index is 13.0. The van der Waals surface area contributed by atoms with Crippen LogP contribution in [0.3, 0.4) is 0 Å². The third-order valence-electron chi connectivity index (χ3n) is 4.40. The number of halogens is 4. The Morgan fingerprint density at radius 2 is 1.77 bits per heavy atom. The monoisotopic (exact) mass is 421 g/mol. The summed E-state index contributed by atoms with van der Waals surface area (Å²) in [7, 11) is 0. The molecule has 1 aromatic heterocycles. The van der Waals surface area contributed by atoms with E-state index in [1.807, 2.05) is 0 Å². The molecule has 2 aromatic carbocycles. The second kappa shape index (κ2) is 9.51. The molecule has 1 N–H and O–H groups in total. The SMILES string of the molecule is O=C(CCCc1nc(-c2ccc(F)cc2)no1)NCCc1ccccc1C(F)(F)F. The van der Waals surface area contributed by atoms with Crippen molar-refractivity contribution in [1.29, 1.82) is 0 Å². The number of rotatable bonds is 8. The first-order chi connectivity index (χ1) is 14.3. The molecule has 0 unspecified atom stereocenters. The van der Waals surface area contributed by atoms with Crippen molar-refractivity contribution in [3.05, 3.63) is 71.4 Å². The average Bonchev–Trinajstić information content (AvgIpc) is 3.17. The highest BCUT2D eigenvalue weighted by Gasteiger charge is 2.32. The second-order valence-corrected chi connectivity index (χ2v) is 6.63. The predicted molar refractivity (Wildman–Crippen MR) is 101 cm³/mol. The number of aryl methyl sites for hydroxylation is 1. The summed E-state index contributed by atoms with van der Waals surface area (Å²) in [5.41, 5.74) is 0.0698. The van der Waals surface area contributed by atoms with Crippen molar-refractivity contribution in [2.24, 2.45) is 0 Å². The Kier molecular flexibility index (Phi) is 6.81. The van der Waals surface area contributed by atoms with Gasteiger partial charge in [0.15, 0.2) is 0 Å². The van der Waals surface area contributed by atoms with Crippen LogP contribution in [0.1, 0.15) is 29.9 Å². The maximum Gasteiger partial charge on any atom is 0.416 e. The van der Waals surface area contributed by atoms with Crippen molar-refractivity contribution >= 4 is 5.91 Å². The number of alkyl halides is 3. The van der Waals surface area contributed by atoms with E-state index in [-0.39, 0.29) is 36.7 Å². The molecule has 5 nitrogen and oxygen atoms in total. The van der Waals surface area contributed by atoms with Gasteiger partial charge in [-0.25, -0.2) is 4.39 Å². The lowest BCUT2D eigenvalue weighted by atomic mass is 10.0. The Bertz CT molecular complexity index is 984. The number of carbonyl (C=O) groups is 1. The molecular formula is C21H19F4N3O2. The summed E-state index contributed by atoms with van der Waals surface area (Å²) in [4.78, 5) is 16.1. The second-order valence-electron chi connectivity index (χ2n) is 6.63. The molecule has 0 radical (unpaired) electrons. The third kappa shape index (κ3) is 5.88. The Morgan fingerprint density at radius 3 is 2.50 bits per heavy atom. The third-order valence-corrected chi connectivity index (χ3v) is 4.40. The number of amides is 1. The van der Waals surface area contributed by atoms with Gasteiger partial charge >= 0.3 is 6.18 Å². The summed E-state index contributed by atoms with van der Waals surface area (Å²) in [6.07, 6.45) is -3.34. The molecule has 0 bridgehead atoms. The molecule has 1 amide bonds. The lowest BCUT2D eigenvalue weighted by Crippen LogP contribution is -2.26. The highest BCUT2D eigenvalue weighted by molar-refractivity contribution is 5.75. The first-order valence-corrected chi connectivity index (χ1v) is 9.33. The molecule has 0 spiro atoms. The molecule has 0 saturated carbocycles. The lowest BCUT2D eigenvalue weighted by Gasteiger charge is -2.12. The first-order valence-electron chi connectivity index (χ1n) is 9.33. The average molecular weight is 421 g/mol. The lowest BCUT2D eigenvalue weighted by molar-refractivity contribution is -0.138. The van der Waals surface area contributed by atoms with Crippen LogP contribution < -0.4 is 5.32 Å². The van der Waals surface area contributed by atoms with Crippen molar-refractivity contribution in [1.82, 2.24) is 15.5 Å². The molecule has 0 aliphatic rings. The zero-order chi connectivity index (χ0) is 21.6. The first kappa shape index (κ1) is 21.5. The van der Waals surface area contributed by atoms with Crippen molar-refractivity contribution < 1.29 is 26.9 Å². The fourth-order valence-electron chi connectivity index (χ4n) is 2.91. The Labute approximate surface area is 170 Å². The minimum Gasteiger partial charge on any atom is -0.356 e. The van der Waals surface area contributed by atoms with Crippen LogP contribution in [0.2, 0.25) is 0 Å². The van der Waals surface area contributed by atoms with Gasteiger partial charge in [0.25, 0.3) is 0 Å². The molecule has 0 aliphatic carbocycles. The zero-order valence-electron chi connectivity index (χ0n) is 15.9. The number of benzene rings is 2. The minimum atomic E-state index is -4.42. The van der Waals surface area contributed by atoms with Crippen LogP contribution in [0.4, 0.5) is 17.6 Å². The van der Waals surface area contributed by atoms with Gasteiger partial charge in [0.05, 0.1) is 5.56 Å². The van der Waals surface area contributed by atoms with Crippen molar-refractivity contribution in [2.45, 2.75) is 31.9 Å². The largest absolute Gasteiger partial charge is 0.416 e. The van der Waals surface area contributed by atoms with Crippen LogP contribution in [0.25, 0.3) is 11.4 Å². The molecule has 30 heavy (non-hydrogen) atoms. The van der Waals surface area contributed by atoms with Gasteiger partial charge in [-0.3, -0.25) is 4.79 Å². The summed E-state index contributed by atoms with van der Waals surface area (Å²) in [6, 6.07) is 11.0. The normalized spacial score (nSPS) is 11.5. The Hall–Kier alpha value is -3.23. The summed E-state index contributed by atoms with van der Waals surface area (Å²) in [5, 5.41) is 6.45. The van der Waals surface area contributed by atoms with Gasteiger partial charge in [0, 0.05) is 24.9 Å². The van der Waals surface area contributed by atoms with E-state index in [1.54, 1.807) is 0 Å². The van der Waals surface area contributed by atoms with Gasteiger partial charge in [0.1, 0.15) is 5.82 Å². The molecule has 0 fully saturated rings. The number of hydrogen-bond donors (Lipinski definition) is 1. The Balaban J connectivity index is 1.41. The van der Waals surface area contributed by atoms with Crippen molar-refractivity contribution in [3.8, 4) is 11.4 Å². The molecule has 1 heterocycles. The summed E-state index contributed by atoms with van der Waals surface area (Å²) >= 11 is 0. The number of carbonyl (C=O) groups excluding carboxylic acids is 1. The molecule has 3 rings (SSSR count). The summed E-state index contributed by atoms with van der Waals surface area (Å²) in [6.45, 7) is 0.112. The Morgan fingerprint density at radius 1 is 1.03 bits per heavy atom. The summed E-state index contributed by atoms with van der Waals surface area (Å²) in [5.74, 6) is 0.0483. The predicted octanol–water partition coefficient (Wildman–Crippen LogP) is 4.58. The standard InChI is InChI=1S/C21H19F4N3O2/c22-16-10-8-15(9-11-16)20-27-19(30-28-20)7-3-6-18(29)26-13-12-14-4-1-2-5-17(14)21(23,24)25/h1-2,4-5,8-11H,3,6-7,12-13H2,(H,26,29). The summed E-state index contributed by atoms with van der Waals surface area (Å²) < 4.78 is 57.0. The van der Waals surface area contributed by atoms with Gasteiger partial charge in [-0.05, 0) is 48.7 Å². The van der Waals surface area contributed by atoms with Crippen LogP contribution in [0, 0.1) is 5.82 Å². The van der Waals surface area contributed by atoms with Gasteiger partial charge < -0.3 is 9.84 Å². The van der Waals surface area contributed by atoms with Gasteiger partial charge in [-0.2, -0.15) is 18.2 Å². The van der Waals surface area contributed by atoms with Crippen LogP contribution in [-0.2, 0) is 23.8 Å². The van der Waals surface area contributed by atoms with E-state index >= 15 is 0 Å². The van der Waals surface area contributed by atoms with Crippen LogP contribution in [0.15, 0.2) is 53.1 Å². The van der Waals surface area contributed by atoms with Gasteiger partial charge in [-0.15, -0.1) is 0 Å². The maximum atomic E-state index is 13.0. The van der Waals surface area contributed by atoms with Gasteiger partial charge in [-0.1, -0.05) is 23.4 Å². The highest BCUT2D eigenvalue weighted by Crippen LogP contribution is 2.31. The number of hydrogen-bond acceptors (Lipinski definition) is 4. The van der Waals surface area contributed by atoms with E-state index in [9.17, 15) is 22.4 Å². The van der Waals surface area contributed by atoms with E-state index in [2.05, 4.69) is 15.5 Å². The van der Waals surface area contributed by atoms with E-state index < -0.39 is 11.7 Å². The fraction of sp³-hybridized carbons (Fsp3) is 0.286. The van der Waals surface area contributed by atoms with Crippen LogP contribution >= 0.6 is 0 Å². The molecule has 0 atom stereocenters. The number of nitrogens with one attached hydrogen (secondary N) is 1. The highest BCUT2D eigenvalue weighted by atomic mass is 19.4. The number of aromatic nitrogens is 2. The zero-order valence-corrected chi connectivity index (χ0v) is 15.9. The van der Waals surface area contributed by atoms with E-state index in [0.717, 1.165) is 6.07 Å². The molecule has 3 aromatic rings. The van der Waals surface area contributed by atoms with Crippen LogP contribution in [-0.4, -0.2) is 22.6 Å². The molecule has 0 saturated heterocycles. The van der Waals surface area contributed by atoms with Crippen LogP contribution in [0.5, 0.6) is 0 Å². The van der Waals surface area contributed by atoms with E-state index in [4.69, 9.17) is 4.52 Å². The topological polar surface area (TPSA) is 68.0 Å². The molecule has 158 valence electrons. The van der Waals surface area contributed by atoms with Crippen molar-refractivity contribution in [2.75, 3.05) is 6.54 Å². The smallest absolute Gasteiger partial charge is 0.356 e. The number of nitrogens with zero attached hydrogens (tertiary/aromatic N) is 2. The van der Waals surface area contributed by atoms with E-state index in [0.29, 0.717) is 30.1 Å². The van der Waals surface area contributed by atoms with Gasteiger partial charge in [0.2, 0.25) is 17.6 Å². The fourth-order valence-corrected chi connectivity index (χ4v) is 2.91. The molecule has 9 heteroatoms.